The number of hydrogen-bond acceptors (Lipinski definition) is 5. The Bertz CT molecular complexity index is 1100. The maximum absolute atomic E-state index is 13.8. The topological polar surface area (TPSA) is 80.2 Å². The molecule has 1 aliphatic carbocycles. The molecule has 3 unspecified atom stereocenters. The number of alkyl halides is 3. The van der Waals surface area contributed by atoms with Crippen LogP contribution in [0.3, 0.4) is 0 Å². The summed E-state index contributed by atoms with van der Waals surface area (Å²) in [4.78, 5) is 0. The molecule has 5 nitrogen and oxygen atoms in total. The van der Waals surface area contributed by atoms with Crippen molar-refractivity contribution in [3.8, 4) is 11.1 Å². The minimum Gasteiger partial charge on any atom is -0.593 e. The van der Waals surface area contributed by atoms with Crippen LogP contribution in [-0.4, -0.2) is 42.5 Å². The van der Waals surface area contributed by atoms with Crippen molar-refractivity contribution in [2.75, 3.05) is 25.0 Å². The van der Waals surface area contributed by atoms with Crippen molar-refractivity contribution in [2.45, 2.75) is 24.3 Å². The summed E-state index contributed by atoms with van der Waals surface area (Å²) >= 11 is -1.95. The van der Waals surface area contributed by atoms with Gasteiger partial charge in [0, 0.05) is 49.7 Å². The highest BCUT2D eigenvalue weighted by Gasteiger charge is 2.43. The summed E-state index contributed by atoms with van der Waals surface area (Å²) in [6, 6.07) is 7.68. The van der Waals surface area contributed by atoms with Crippen LogP contribution in [0.2, 0.25) is 0 Å². The van der Waals surface area contributed by atoms with Gasteiger partial charge in [0.25, 0.3) is 0 Å². The lowest BCUT2D eigenvalue weighted by atomic mass is 9.94. The van der Waals surface area contributed by atoms with Crippen LogP contribution in [-0.2, 0) is 16.1 Å². The van der Waals surface area contributed by atoms with Crippen molar-refractivity contribution < 1.29 is 31.2 Å². The third-order valence-electron chi connectivity index (χ3n) is 5.63. The third-order valence-corrected chi connectivity index (χ3v) is 6.95. The number of ether oxygens (including phenoxy) is 1. The van der Waals surface area contributed by atoms with Gasteiger partial charge in [-0.15, -0.1) is 0 Å². The summed E-state index contributed by atoms with van der Waals surface area (Å²) in [7, 11) is 1.54. The van der Waals surface area contributed by atoms with Crippen LogP contribution in [0.1, 0.15) is 18.4 Å². The van der Waals surface area contributed by atoms with Crippen molar-refractivity contribution in [1.29, 1.82) is 5.41 Å². The average Bonchev–Trinajstić information content (AvgIpc) is 2.83. The first-order valence-corrected chi connectivity index (χ1v) is 12.3. The summed E-state index contributed by atoms with van der Waals surface area (Å²) in [6.45, 7) is 0.865. The lowest BCUT2D eigenvalue weighted by molar-refractivity contribution is -0.175. The summed E-state index contributed by atoms with van der Waals surface area (Å²) in [5.41, 5.74) is 1.66. The quantitative estimate of drug-likeness (QED) is 0.119. The van der Waals surface area contributed by atoms with Crippen LogP contribution in [0.5, 0.6) is 0 Å². The molecule has 0 heterocycles. The fourth-order valence-electron chi connectivity index (χ4n) is 3.78. The van der Waals surface area contributed by atoms with Gasteiger partial charge in [-0.25, -0.2) is 13.5 Å². The fourth-order valence-corrected chi connectivity index (χ4v) is 4.98. The molecule has 3 rings (SSSR count). The molecule has 36 heavy (non-hydrogen) atoms. The molecule has 2 aromatic carbocycles. The second-order valence-corrected chi connectivity index (χ2v) is 9.59. The molecular formula is C25H26F5N3O2S. The van der Waals surface area contributed by atoms with E-state index in [9.17, 15) is 26.5 Å². The Morgan fingerprint density at radius 3 is 2.53 bits per heavy atom. The van der Waals surface area contributed by atoms with Gasteiger partial charge in [0.2, 0.25) is 0 Å². The Morgan fingerprint density at radius 2 is 1.89 bits per heavy atom. The van der Waals surface area contributed by atoms with Crippen LogP contribution in [0.25, 0.3) is 16.7 Å². The van der Waals surface area contributed by atoms with Crippen LogP contribution in [0.4, 0.5) is 27.6 Å². The van der Waals surface area contributed by atoms with Crippen molar-refractivity contribution in [1.82, 2.24) is 5.32 Å². The standard InChI is InChI=1S/C25H26F5N3O2S/c1-35-8-7-32-15-18(14-31)23-6-5-16(17-9-20(26)13-21(27)10-17)11-24(23)33-36(34)22-4-2-3-19(12-22)25(28,29)30/h2,4-6,9-11,13-15,19,22,31-33H,3,7-8,12H2,1H3/b18-15+,31-14?. The molecule has 194 valence electrons. The molecule has 0 amide bonds. The fraction of sp³-hybridized carbons (Fsp3) is 0.320. The van der Waals surface area contributed by atoms with Crippen LogP contribution < -0.4 is 10.0 Å². The van der Waals surface area contributed by atoms with Crippen molar-refractivity contribution in [3.63, 3.8) is 0 Å². The van der Waals surface area contributed by atoms with Gasteiger partial charge >= 0.3 is 6.18 Å². The lowest BCUT2D eigenvalue weighted by Crippen LogP contribution is -2.35. The predicted molar refractivity (Wildman–Crippen MR) is 132 cm³/mol. The van der Waals surface area contributed by atoms with Crippen LogP contribution in [0, 0.1) is 23.0 Å². The minimum absolute atomic E-state index is 0.170. The van der Waals surface area contributed by atoms with Crippen LogP contribution in [0.15, 0.2) is 54.8 Å². The maximum atomic E-state index is 13.8. The Hall–Kier alpha value is -2.89. The first-order chi connectivity index (χ1) is 17.1. The monoisotopic (exact) mass is 527 g/mol. The summed E-state index contributed by atoms with van der Waals surface area (Å²) < 4.78 is 88.2. The molecule has 0 saturated carbocycles. The number of allylic oxidation sites excluding steroid dienone is 2. The van der Waals surface area contributed by atoms with Gasteiger partial charge in [-0.3, -0.25) is 0 Å². The molecule has 11 heteroatoms. The van der Waals surface area contributed by atoms with E-state index in [1.54, 1.807) is 18.3 Å². The van der Waals surface area contributed by atoms with E-state index in [2.05, 4.69) is 10.0 Å². The number of anilines is 1. The van der Waals surface area contributed by atoms with Crippen molar-refractivity contribution in [3.05, 3.63) is 71.9 Å². The molecule has 0 fully saturated rings. The maximum Gasteiger partial charge on any atom is 0.392 e. The van der Waals surface area contributed by atoms with Gasteiger partial charge in [-0.05, 0) is 41.8 Å². The SMILES string of the molecule is COCCN/C=C(\C=N)c1ccc(-c2cc(F)cc(F)c2)cc1N[S+]([O-])C1C=CCC(C(F)(F)F)C1. The van der Waals surface area contributed by atoms with Crippen molar-refractivity contribution in [2.24, 2.45) is 5.92 Å². The molecule has 0 aromatic heterocycles. The molecule has 0 radical (unpaired) electrons. The third kappa shape index (κ3) is 7.31. The van der Waals surface area contributed by atoms with Gasteiger partial charge in [0.15, 0.2) is 5.25 Å². The van der Waals surface area contributed by atoms with Gasteiger partial charge < -0.3 is 20.0 Å². The molecule has 0 bridgehead atoms. The smallest absolute Gasteiger partial charge is 0.392 e. The summed E-state index contributed by atoms with van der Waals surface area (Å²) in [5, 5.41) is 9.90. The van der Waals surface area contributed by atoms with Gasteiger partial charge in [-0.2, -0.15) is 13.2 Å². The van der Waals surface area contributed by atoms with E-state index in [0.717, 1.165) is 24.4 Å². The Morgan fingerprint density at radius 1 is 1.17 bits per heavy atom. The number of nitrogens with one attached hydrogen (secondary N) is 3. The molecule has 3 atom stereocenters. The number of methoxy groups -OCH3 is 1. The molecule has 2 aromatic rings. The second kappa shape index (κ2) is 12.4. The highest BCUT2D eigenvalue weighted by molar-refractivity contribution is 7.93. The predicted octanol–water partition coefficient (Wildman–Crippen LogP) is 5.83. The zero-order valence-corrected chi connectivity index (χ0v) is 20.2. The number of halogens is 5. The molecular weight excluding hydrogens is 501 g/mol. The van der Waals surface area contributed by atoms with E-state index in [0.29, 0.717) is 29.9 Å². The largest absolute Gasteiger partial charge is 0.593 e. The van der Waals surface area contributed by atoms with E-state index in [-0.39, 0.29) is 24.1 Å². The van der Waals surface area contributed by atoms with Gasteiger partial charge in [-0.1, -0.05) is 18.2 Å². The lowest BCUT2D eigenvalue weighted by Gasteiger charge is -2.28. The number of rotatable bonds is 10. The van der Waals surface area contributed by atoms with E-state index < -0.39 is 40.3 Å². The normalized spacial score (nSPS) is 19.1. The molecule has 0 saturated heterocycles. The highest BCUT2D eigenvalue weighted by atomic mass is 32.2. The van der Waals surface area contributed by atoms with Gasteiger partial charge in [0.05, 0.1) is 29.6 Å². The molecule has 3 N–H and O–H groups in total. The first-order valence-electron chi connectivity index (χ1n) is 11.1. The summed E-state index contributed by atoms with van der Waals surface area (Å²) in [6.07, 6.45) is 0.580. The first kappa shape index (κ1) is 27.7. The summed E-state index contributed by atoms with van der Waals surface area (Å²) in [5.74, 6) is -3.15. The minimum atomic E-state index is -4.40. The van der Waals surface area contributed by atoms with E-state index >= 15 is 0 Å². The zero-order chi connectivity index (χ0) is 26.3. The van der Waals surface area contributed by atoms with Gasteiger partial charge in [0.1, 0.15) is 11.6 Å². The van der Waals surface area contributed by atoms with E-state index in [1.165, 1.54) is 25.3 Å². The Labute approximate surface area is 209 Å². The Balaban J connectivity index is 1.96. The molecule has 0 spiro atoms. The van der Waals surface area contributed by atoms with E-state index in [4.69, 9.17) is 10.1 Å². The van der Waals surface area contributed by atoms with Crippen LogP contribution >= 0.6 is 0 Å². The highest BCUT2D eigenvalue weighted by Crippen LogP contribution is 2.38. The molecule has 1 aliphatic rings. The van der Waals surface area contributed by atoms with Crippen molar-refractivity contribution >= 4 is 28.8 Å². The Kier molecular flexibility index (Phi) is 9.52. The average molecular weight is 528 g/mol. The number of hydrogen-bond donors (Lipinski definition) is 3. The second-order valence-electron chi connectivity index (χ2n) is 8.19. The molecule has 0 aliphatic heterocycles. The van der Waals surface area contributed by atoms with E-state index in [1.807, 2.05) is 0 Å². The number of benzene rings is 2. The zero-order valence-electron chi connectivity index (χ0n) is 19.4.